The second-order valence-corrected chi connectivity index (χ2v) is 4.80. The van der Waals surface area contributed by atoms with Crippen molar-refractivity contribution in [3.05, 3.63) is 36.3 Å². The molecule has 1 aromatic carbocycles. The average molecular weight is 245 g/mol. The summed E-state index contributed by atoms with van der Waals surface area (Å²) in [7, 11) is 0. The lowest BCUT2D eigenvalue weighted by Gasteiger charge is -2.31. The summed E-state index contributed by atoms with van der Waals surface area (Å²) in [4.78, 5) is 6.50. The van der Waals surface area contributed by atoms with Gasteiger partial charge in [-0.2, -0.15) is 0 Å². The highest BCUT2D eigenvalue weighted by molar-refractivity contribution is 5.92. The predicted octanol–water partition coefficient (Wildman–Crippen LogP) is 2.30. The van der Waals surface area contributed by atoms with Crippen molar-refractivity contribution in [1.29, 1.82) is 0 Å². The molecule has 2 N–H and O–H groups in total. The van der Waals surface area contributed by atoms with E-state index in [1.807, 2.05) is 12.1 Å². The quantitative estimate of drug-likeness (QED) is 0.838. The number of benzene rings is 1. The van der Waals surface area contributed by atoms with Gasteiger partial charge in [0, 0.05) is 25.3 Å². The Balaban J connectivity index is 2.06. The van der Waals surface area contributed by atoms with Gasteiger partial charge < -0.3 is 10.6 Å². The SMILES string of the molecule is NC1CCN(c2nccc3cccc(F)c23)CC1. The molecule has 0 unspecified atom stereocenters. The van der Waals surface area contributed by atoms with E-state index in [-0.39, 0.29) is 11.9 Å². The van der Waals surface area contributed by atoms with Gasteiger partial charge in [-0.3, -0.25) is 0 Å². The molecule has 18 heavy (non-hydrogen) atoms. The topological polar surface area (TPSA) is 42.1 Å². The number of hydrogen-bond acceptors (Lipinski definition) is 3. The Kier molecular flexibility index (Phi) is 2.88. The van der Waals surface area contributed by atoms with Gasteiger partial charge in [0.25, 0.3) is 0 Å². The summed E-state index contributed by atoms with van der Waals surface area (Å²) in [6.07, 6.45) is 3.62. The van der Waals surface area contributed by atoms with Crippen LogP contribution in [0.4, 0.5) is 10.2 Å². The minimum absolute atomic E-state index is 0.203. The number of hydrogen-bond donors (Lipinski definition) is 1. The van der Waals surface area contributed by atoms with Crippen LogP contribution in [-0.2, 0) is 0 Å². The van der Waals surface area contributed by atoms with Crippen molar-refractivity contribution in [2.24, 2.45) is 5.73 Å². The maximum Gasteiger partial charge on any atom is 0.139 e. The largest absolute Gasteiger partial charge is 0.356 e. The number of nitrogens with zero attached hydrogens (tertiary/aromatic N) is 2. The zero-order valence-electron chi connectivity index (χ0n) is 10.1. The van der Waals surface area contributed by atoms with Crippen LogP contribution in [0.15, 0.2) is 30.5 Å². The van der Waals surface area contributed by atoms with Gasteiger partial charge in [-0.1, -0.05) is 12.1 Å². The van der Waals surface area contributed by atoms with Gasteiger partial charge in [-0.15, -0.1) is 0 Å². The van der Waals surface area contributed by atoms with Gasteiger partial charge in [0.2, 0.25) is 0 Å². The third-order valence-electron chi connectivity index (χ3n) is 3.56. The number of aromatic nitrogens is 1. The van der Waals surface area contributed by atoms with Crippen LogP contribution in [0.2, 0.25) is 0 Å². The van der Waals surface area contributed by atoms with Crippen molar-refractivity contribution in [2.45, 2.75) is 18.9 Å². The summed E-state index contributed by atoms with van der Waals surface area (Å²) in [5, 5.41) is 1.52. The predicted molar refractivity (Wildman–Crippen MR) is 71.1 cm³/mol. The fourth-order valence-electron chi connectivity index (χ4n) is 2.52. The third-order valence-corrected chi connectivity index (χ3v) is 3.56. The molecule has 0 aliphatic carbocycles. The highest BCUT2D eigenvalue weighted by Gasteiger charge is 2.20. The molecule has 3 nitrogen and oxygen atoms in total. The Hall–Kier alpha value is -1.68. The van der Waals surface area contributed by atoms with Crippen molar-refractivity contribution in [1.82, 2.24) is 4.98 Å². The van der Waals surface area contributed by atoms with E-state index in [2.05, 4.69) is 9.88 Å². The Morgan fingerprint density at radius 1 is 1.22 bits per heavy atom. The lowest BCUT2D eigenvalue weighted by Crippen LogP contribution is -2.40. The molecule has 1 saturated heterocycles. The summed E-state index contributed by atoms with van der Waals surface area (Å²) in [5.41, 5.74) is 5.90. The van der Waals surface area contributed by atoms with Gasteiger partial charge in [-0.05, 0) is 30.4 Å². The summed E-state index contributed by atoms with van der Waals surface area (Å²) >= 11 is 0. The zero-order chi connectivity index (χ0) is 12.5. The smallest absolute Gasteiger partial charge is 0.139 e. The first-order valence-electron chi connectivity index (χ1n) is 6.29. The Bertz CT molecular complexity index is 557. The average Bonchev–Trinajstić information content (AvgIpc) is 2.39. The number of anilines is 1. The van der Waals surface area contributed by atoms with Crippen LogP contribution in [0, 0.1) is 5.82 Å². The van der Waals surface area contributed by atoms with E-state index in [0.717, 1.165) is 37.1 Å². The van der Waals surface area contributed by atoms with Crippen LogP contribution in [0.1, 0.15) is 12.8 Å². The summed E-state index contributed by atoms with van der Waals surface area (Å²) < 4.78 is 14.0. The molecule has 0 spiro atoms. The molecule has 1 aliphatic heterocycles. The number of pyridine rings is 1. The Morgan fingerprint density at radius 3 is 2.78 bits per heavy atom. The van der Waals surface area contributed by atoms with Gasteiger partial charge in [0.1, 0.15) is 11.6 Å². The fraction of sp³-hybridized carbons (Fsp3) is 0.357. The monoisotopic (exact) mass is 245 g/mol. The van der Waals surface area contributed by atoms with Crippen molar-refractivity contribution in [3.63, 3.8) is 0 Å². The molecule has 94 valence electrons. The van der Waals surface area contributed by atoms with E-state index >= 15 is 0 Å². The van der Waals surface area contributed by atoms with Gasteiger partial charge in [0.15, 0.2) is 0 Å². The number of fused-ring (bicyclic) bond motifs is 1. The molecule has 0 amide bonds. The second kappa shape index (κ2) is 4.53. The van der Waals surface area contributed by atoms with E-state index in [1.54, 1.807) is 12.3 Å². The Morgan fingerprint density at radius 2 is 2.00 bits per heavy atom. The molecule has 1 fully saturated rings. The van der Waals surface area contributed by atoms with E-state index in [0.29, 0.717) is 5.39 Å². The molecule has 0 atom stereocenters. The fourth-order valence-corrected chi connectivity index (χ4v) is 2.52. The summed E-state index contributed by atoms with van der Waals surface area (Å²) in [6, 6.07) is 7.24. The molecule has 0 saturated carbocycles. The number of halogens is 1. The van der Waals surface area contributed by atoms with E-state index in [1.165, 1.54) is 6.07 Å². The van der Waals surface area contributed by atoms with Crippen molar-refractivity contribution < 1.29 is 4.39 Å². The van der Waals surface area contributed by atoms with Gasteiger partial charge >= 0.3 is 0 Å². The van der Waals surface area contributed by atoms with E-state index in [4.69, 9.17) is 5.73 Å². The first kappa shape index (κ1) is 11.4. The first-order valence-corrected chi connectivity index (χ1v) is 6.29. The normalized spacial score (nSPS) is 17.3. The van der Waals surface area contributed by atoms with Crippen LogP contribution < -0.4 is 10.6 Å². The Labute approximate surface area is 105 Å². The number of piperidine rings is 1. The summed E-state index contributed by atoms with van der Waals surface area (Å²) in [5.74, 6) is 0.544. The molecule has 2 heterocycles. The zero-order valence-corrected chi connectivity index (χ0v) is 10.1. The number of rotatable bonds is 1. The van der Waals surface area contributed by atoms with Crippen LogP contribution in [0.25, 0.3) is 10.8 Å². The van der Waals surface area contributed by atoms with Crippen molar-refractivity contribution in [3.8, 4) is 0 Å². The second-order valence-electron chi connectivity index (χ2n) is 4.80. The van der Waals surface area contributed by atoms with Crippen molar-refractivity contribution >= 4 is 16.6 Å². The number of nitrogens with two attached hydrogens (primary N) is 1. The molecule has 1 aromatic heterocycles. The minimum atomic E-state index is -0.203. The molecule has 3 rings (SSSR count). The molecule has 0 radical (unpaired) electrons. The minimum Gasteiger partial charge on any atom is -0.356 e. The van der Waals surface area contributed by atoms with E-state index in [9.17, 15) is 4.39 Å². The molecular weight excluding hydrogens is 229 g/mol. The van der Waals surface area contributed by atoms with Crippen LogP contribution >= 0.6 is 0 Å². The summed E-state index contributed by atoms with van der Waals surface area (Å²) in [6.45, 7) is 1.70. The first-order chi connectivity index (χ1) is 8.75. The molecular formula is C14H16FN3. The lowest BCUT2D eigenvalue weighted by atomic mass is 10.0. The van der Waals surface area contributed by atoms with Gasteiger partial charge in [-0.25, -0.2) is 9.37 Å². The van der Waals surface area contributed by atoms with Gasteiger partial charge in [0.05, 0.1) is 5.39 Å². The maximum absolute atomic E-state index is 14.0. The van der Waals surface area contributed by atoms with E-state index < -0.39 is 0 Å². The van der Waals surface area contributed by atoms with Crippen LogP contribution in [0.5, 0.6) is 0 Å². The van der Waals surface area contributed by atoms with Crippen molar-refractivity contribution in [2.75, 3.05) is 18.0 Å². The van der Waals surface area contributed by atoms with Crippen LogP contribution in [0.3, 0.4) is 0 Å². The highest BCUT2D eigenvalue weighted by atomic mass is 19.1. The third kappa shape index (κ3) is 1.93. The molecule has 4 heteroatoms. The lowest BCUT2D eigenvalue weighted by molar-refractivity contribution is 0.499. The van der Waals surface area contributed by atoms with Crippen LogP contribution in [-0.4, -0.2) is 24.1 Å². The molecule has 1 aliphatic rings. The maximum atomic E-state index is 14.0. The standard InChI is InChI=1S/C14H16FN3/c15-12-3-1-2-10-4-7-17-14(13(10)12)18-8-5-11(16)6-9-18/h1-4,7,11H,5-6,8-9,16H2. The highest BCUT2D eigenvalue weighted by Crippen LogP contribution is 2.28. The molecule has 2 aromatic rings. The molecule has 0 bridgehead atoms.